The van der Waals surface area contributed by atoms with Crippen molar-refractivity contribution >= 4 is 33.9 Å². The van der Waals surface area contributed by atoms with E-state index in [-0.39, 0.29) is 5.57 Å². The fourth-order valence-corrected chi connectivity index (χ4v) is 3.32. The number of cyclic esters (lactones) is 2. The maximum atomic E-state index is 12.2. The molecule has 3 rings (SSSR count). The zero-order valence-corrected chi connectivity index (χ0v) is 17.9. The molecule has 0 aliphatic carbocycles. The van der Waals surface area contributed by atoms with Gasteiger partial charge in [0.25, 0.3) is 5.79 Å². The molecule has 0 unspecified atom stereocenters. The summed E-state index contributed by atoms with van der Waals surface area (Å²) in [5.74, 6) is -1.72. The second kappa shape index (κ2) is 8.69. The normalized spacial score (nSPS) is 15.4. The highest BCUT2D eigenvalue weighted by molar-refractivity contribution is 9.10. The first-order valence-electron chi connectivity index (χ1n) is 9.10. The minimum Gasteiger partial charge on any atom is -0.490 e. The Labute approximate surface area is 177 Å². The quantitative estimate of drug-likeness (QED) is 0.355. The maximum absolute atomic E-state index is 12.2. The van der Waals surface area contributed by atoms with Gasteiger partial charge in [-0.2, -0.15) is 0 Å². The summed E-state index contributed by atoms with van der Waals surface area (Å²) in [4.78, 5) is 24.4. The Morgan fingerprint density at radius 2 is 1.69 bits per heavy atom. The van der Waals surface area contributed by atoms with E-state index in [9.17, 15) is 9.59 Å². The van der Waals surface area contributed by atoms with Gasteiger partial charge in [-0.15, -0.1) is 0 Å². The van der Waals surface area contributed by atoms with Gasteiger partial charge in [-0.25, -0.2) is 9.59 Å². The minimum atomic E-state index is -1.28. The van der Waals surface area contributed by atoms with Crippen molar-refractivity contribution in [2.75, 3.05) is 6.61 Å². The van der Waals surface area contributed by atoms with Crippen LogP contribution >= 0.6 is 15.9 Å². The average molecular weight is 461 g/mol. The Bertz CT molecular complexity index is 927. The molecular weight excluding hydrogens is 440 g/mol. The molecule has 1 aliphatic rings. The molecule has 0 N–H and O–H groups in total. The highest BCUT2D eigenvalue weighted by Gasteiger charge is 2.38. The third-order valence-corrected chi connectivity index (χ3v) is 4.57. The third-order valence-electron chi connectivity index (χ3n) is 3.99. The van der Waals surface area contributed by atoms with Crippen LogP contribution in [-0.4, -0.2) is 24.3 Å². The lowest BCUT2D eigenvalue weighted by molar-refractivity contribution is -0.222. The molecule has 1 heterocycles. The van der Waals surface area contributed by atoms with Gasteiger partial charge in [-0.3, -0.25) is 0 Å². The number of carbonyl (C=O) groups excluding carboxylic acids is 2. The molecule has 0 amide bonds. The standard InChI is InChI=1S/C22H21BrO6/c1-4-26-18-12-15(10-16-20(24)28-22(2,3)29-21(16)25)11-17(23)19(18)27-13-14-8-6-5-7-9-14/h5-12H,4,13H2,1-3H3. The van der Waals surface area contributed by atoms with Crippen LogP contribution in [0.3, 0.4) is 0 Å². The van der Waals surface area contributed by atoms with Crippen molar-refractivity contribution in [3.05, 3.63) is 63.6 Å². The fraction of sp³-hybridized carbons (Fsp3) is 0.273. The van der Waals surface area contributed by atoms with Crippen molar-refractivity contribution < 1.29 is 28.5 Å². The summed E-state index contributed by atoms with van der Waals surface area (Å²) in [5.41, 5.74) is 1.40. The van der Waals surface area contributed by atoms with E-state index < -0.39 is 17.7 Å². The number of hydrogen-bond donors (Lipinski definition) is 0. The lowest BCUT2D eigenvalue weighted by Gasteiger charge is -2.29. The monoisotopic (exact) mass is 460 g/mol. The molecular formula is C22H21BrO6. The number of carbonyl (C=O) groups is 2. The highest BCUT2D eigenvalue weighted by Crippen LogP contribution is 2.38. The molecule has 0 atom stereocenters. The van der Waals surface area contributed by atoms with Crippen LogP contribution < -0.4 is 9.47 Å². The third kappa shape index (κ3) is 5.17. The molecule has 0 aromatic heterocycles. The van der Waals surface area contributed by atoms with Crippen LogP contribution in [0.4, 0.5) is 0 Å². The van der Waals surface area contributed by atoms with E-state index in [1.54, 1.807) is 12.1 Å². The van der Waals surface area contributed by atoms with Crippen molar-refractivity contribution in [2.24, 2.45) is 0 Å². The van der Waals surface area contributed by atoms with Gasteiger partial charge < -0.3 is 18.9 Å². The first kappa shape index (κ1) is 20.9. The van der Waals surface area contributed by atoms with E-state index in [1.807, 2.05) is 37.3 Å². The van der Waals surface area contributed by atoms with Crippen LogP contribution in [0.15, 0.2) is 52.5 Å². The van der Waals surface area contributed by atoms with E-state index in [4.69, 9.17) is 18.9 Å². The van der Waals surface area contributed by atoms with Crippen LogP contribution in [-0.2, 0) is 25.7 Å². The van der Waals surface area contributed by atoms with Crippen molar-refractivity contribution in [2.45, 2.75) is 33.2 Å². The largest absolute Gasteiger partial charge is 0.490 e. The lowest BCUT2D eigenvalue weighted by atomic mass is 10.1. The number of esters is 2. The van der Waals surface area contributed by atoms with Gasteiger partial charge in [-0.1, -0.05) is 30.3 Å². The second-order valence-corrected chi connectivity index (χ2v) is 7.63. The van der Waals surface area contributed by atoms with Crippen molar-refractivity contribution in [1.82, 2.24) is 0 Å². The number of benzene rings is 2. The van der Waals surface area contributed by atoms with Gasteiger partial charge in [0.15, 0.2) is 11.5 Å². The van der Waals surface area contributed by atoms with Crippen LogP contribution in [0.5, 0.6) is 11.5 Å². The Morgan fingerprint density at radius 1 is 1.03 bits per heavy atom. The summed E-state index contributed by atoms with van der Waals surface area (Å²) in [6, 6.07) is 13.2. The van der Waals surface area contributed by atoms with Crippen molar-refractivity contribution in [3.8, 4) is 11.5 Å². The minimum absolute atomic E-state index is 0.184. The summed E-state index contributed by atoms with van der Waals surface area (Å²) in [7, 11) is 0. The molecule has 7 heteroatoms. The van der Waals surface area contributed by atoms with Gasteiger partial charge in [0.1, 0.15) is 12.2 Å². The van der Waals surface area contributed by atoms with Crippen molar-refractivity contribution in [1.29, 1.82) is 0 Å². The Hall–Kier alpha value is -2.80. The molecule has 152 valence electrons. The number of ether oxygens (including phenoxy) is 4. The Balaban J connectivity index is 1.89. The maximum Gasteiger partial charge on any atom is 0.348 e. The molecule has 0 saturated carbocycles. The smallest absolute Gasteiger partial charge is 0.348 e. The second-order valence-electron chi connectivity index (χ2n) is 6.77. The Kier molecular flexibility index (Phi) is 6.27. The Morgan fingerprint density at radius 3 is 2.31 bits per heavy atom. The first-order valence-corrected chi connectivity index (χ1v) is 9.90. The molecule has 1 aliphatic heterocycles. The summed E-state index contributed by atoms with van der Waals surface area (Å²) < 4.78 is 22.5. The van der Waals surface area contributed by atoms with Crippen LogP contribution in [0, 0.1) is 0 Å². The number of hydrogen-bond acceptors (Lipinski definition) is 6. The topological polar surface area (TPSA) is 71.1 Å². The van der Waals surface area contributed by atoms with Crippen molar-refractivity contribution in [3.63, 3.8) is 0 Å². The molecule has 6 nitrogen and oxygen atoms in total. The molecule has 1 fully saturated rings. The molecule has 29 heavy (non-hydrogen) atoms. The SMILES string of the molecule is CCOc1cc(C=C2C(=O)OC(C)(C)OC2=O)cc(Br)c1OCc1ccccc1. The molecule has 0 radical (unpaired) electrons. The molecule has 1 saturated heterocycles. The lowest BCUT2D eigenvalue weighted by Crippen LogP contribution is -2.41. The molecule has 0 bridgehead atoms. The van der Waals surface area contributed by atoms with E-state index >= 15 is 0 Å². The van der Waals surface area contributed by atoms with Gasteiger partial charge in [0.05, 0.1) is 11.1 Å². The molecule has 2 aromatic rings. The highest BCUT2D eigenvalue weighted by atomic mass is 79.9. The number of rotatable bonds is 6. The number of halogens is 1. The van der Waals surface area contributed by atoms with Gasteiger partial charge in [0, 0.05) is 13.8 Å². The van der Waals surface area contributed by atoms with E-state index in [0.717, 1.165) is 5.56 Å². The van der Waals surface area contributed by atoms with Gasteiger partial charge >= 0.3 is 11.9 Å². The molecule has 0 spiro atoms. The summed E-state index contributed by atoms with van der Waals surface area (Å²) in [5, 5.41) is 0. The van der Waals surface area contributed by atoms with Gasteiger partial charge in [-0.05, 0) is 52.2 Å². The summed E-state index contributed by atoms with van der Waals surface area (Å²) in [6.07, 6.45) is 1.41. The zero-order chi connectivity index (χ0) is 21.0. The zero-order valence-electron chi connectivity index (χ0n) is 16.4. The first-order chi connectivity index (χ1) is 13.8. The van der Waals surface area contributed by atoms with E-state index in [0.29, 0.717) is 34.7 Å². The summed E-state index contributed by atoms with van der Waals surface area (Å²) >= 11 is 3.49. The van der Waals surface area contributed by atoms with E-state index in [1.165, 1.54) is 19.9 Å². The van der Waals surface area contributed by atoms with Crippen LogP contribution in [0.1, 0.15) is 31.9 Å². The summed E-state index contributed by atoms with van der Waals surface area (Å²) in [6.45, 7) is 5.66. The average Bonchev–Trinajstić information content (AvgIpc) is 2.64. The predicted octanol–water partition coefficient (Wildman–Crippen LogP) is 4.65. The fourth-order valence-electron chi connectivity index (χ4n) is 2.75. The van der Waals surface area contributed by atoms with E-state index in [2.05, 4.69) is 15.9 Å². The van der Waals surface area contributed by atoms with Gasteiger partial charge in [0.2, 0.25) is 0 Å². The van der Waals surface area contributed by atoms with Crippen LogP contribution in [0.2, 0.25) is 0 Å². The molecule has 2 aromatic carbocycles. The van der Waals surface area contributed by atoms with Crippen LogP contribution in [0.25, 0.3) is 6.08 Å². The predicted molar refractivity (Wildman–Crippen MR) is 110 cm³/mol.